The third-order valence-electron chi connectivity index (χ3n) is 4.68. The first-order valence-corrected chi connectivity index (χ1v) is 10.6. The second-order valence-electron chi connectivity index (χ2n) is 6.67. The summed E-state index contributed by atoms with van der Waals surface area (Å²) in [6.07, 6.45) is 10.8. The first kappa shape index (κ1) is 19.6. The van der Waals surface area contributed by atoms with E-state index in [9.17, 15) is 0 Å². The van der Waals surface area contributed by atoms with Crippen molar-refractivity contribution in [2.75, 3.05) is 13.6 Å². The van der Waals surface area contributed by atoms with Crippen molar-refractivity contribution in [3.8, 4) is 5.88 Å². The van der Waals surface area contributed by atoms with Crippen LogP contribution < -0.4 is 15.4 Å². The second kappa shape index (κ2) is 10.3. The quantitative estimate of drug-likeness (QED) is 0.537. The highest BCUT2D eigenvalue weighted by Crippen LogP contribution is 2.24. The molecule has 1 aliphatic carbocycles. The van der Waals surface area contributed by atoms with Crippen molar-refractivity contribution in [3.05, 3.63) is 40.0 Å². The maximum atomic E-state index is 6.11. The van der Waals surface area contributed by atoms with E-state index in [2.05, 4.69) is 38.6 Å². The van der Waals surface area contributed by atoms with E-state index in [0.29, 0.717) is 12.6 Å². The molecule has 0 unspecified atom stereocenters. The van der Waals surface area contributed by atoms with Gasteiger partial charge in [-0.3, -0.25) is 4.99 Å². The van der Waals surface area contributed by atoms with Crippen LogP contribution in [0.3, 0.4) is 0 Å². The summed E-state index contributed by atoms with van der Waals surface area (Å²) in [5.74, 6) is 1.51. The Balaban J connectivity index is 1.47. The summed E-state index contributed by atoms with van der Waals surface area (Å²) in [6.45, 7) is 3.59. The number of aromatic nitrogens is 2. The van der Waals surface area contributed by atoms with Crippen LogP contribution in [0.15, 0.2) is 29.5 Å². The van der Waals surface area contributed by atoms with Crippen LogP contribution in [0.2, 0.25) is 0 Å². The van der Waals surface area contributed by atoms with Gasteiger partial charge in [-0.15, -0.1) is 11.3 Å². The second-order valence-corrected chi connectivity index (χ2v) is 7.87. The number of thiazole rings is 1. The van der Waals surface area contributed by atoms with Gasteiger partial charge < -0.3 is 15.4 Å². The molecule has 27 heavy (non-hydrogen) atoms. The average molecular weight is 388 g/mol. The van der Waals surface area contributed by atoms with Crippen molar-refractivity contribution >= 4 is 17.3 Å². The number of hydrogen-bond acceptors (Lipinski definition) is 5. The molecule has 0 bridgehead atoms. The molecule has 146 valence electrons. The molecule has 0 amide bonds. The molecule has 1 fully saturated rings. The van der Waals surface area contributed by atoms with Gasteiger partial charge in [0, 0.05) is 49.4 Å². The number of nitrogens with zero attached hydrogens (tertiary/aromatic N) is 3. The average Bonchev–Trinajstić information content (AvgIpc) is 3.37. The minimum Gasteiger partial charge on any atom is -0.474 e. The molecule has 6 nitrogen and oxygen atoms in total. The highest BCUT2D eigenvalue weighted by atomic mass is 32.1. The molecule has 0 aliphatic heterocycles. The third-order valence-corrected chi connectivity index (χ3v) is 5.88. The van der Waals surface area contributed by atoms with E-state index in [4.69, 9.17) is 4.74 Å². The monoisotopic (exact) mass is 387 g/mol. The summed E-state index contributed by atoms with van der Waals surface area (Å²) < 4.78 is 6.11. The zero-order chi connectivity index (χ0) is 18.9. The lowest BCUT2D eigenvalue weighted by molar-refractivity contribution is 0.199. The van der Waals surface area contributed by atoms with Crippen LogP contribution in [0.5, 0.6) is 5.88 Å². The lowest BCUT2D eigenvalue weighted by Crippen LogP contribution is -2.38. The topological polar surface area (TPSA) is 71.4 Å². The first-order chi connectivity index (χ1) is 13.3. The molecular formula is C20H29N5OS. The van der Waals surface area contributed by atoms with Gasteiger partial charge in [0.25, 0.3) is 0 Å². The van der Waals surface area contributed by atoms with Crippen molar-refractivity contribution in [1.29, 1.82) is 0 Å². The molecule has 0 aromatic carbocycles. The summed E-state index contributed by atoms with van der Waals surface area (Å²) in [4.78, 5) is 14.5. The van der Waals surface area contributed by atoms with Crippen molar-refractivity contribution in [1.82, 2.24) is 20.6 Å². The normalized spacial score (nSPS) is 15.1. The molecule has 2 heterocycles. The first-order valence-electron chi connectivity index (χ1n) is 9.77. The minimum absolute atomic E-state index is 0.308. The summed E-state index contributed by atoms with van der Waals surface area (Å²) in [5.41, 5.74) is 1.06. The fraction of sp³-hybridized carbons (Fsp3) is 0.550. The maximum absolute atomic E-state index is 6.11. The van der Waals surface area contributed by atoms with Gasteiger partial charge in [0.15, 0.2) is 5.96 Å². The number of aryl methyl sites for hydroxylation is 1. The number of aliphatic imine (C=N–C) groups is 1. The Morgan fingerprint density at radius 3 is 2.89 bits per heavy atom. The Bertz CT molecular complexity index is 739. The zero-order valence-corrected chi connectivity index (χ0v) is 17.0. The van der Waals surface area contributed by atoms with Gasteiger partial charge in [-0.1, -0.05) is 13.0 Å². The van der Waals surface area contributed by atoms with Crippen LogP contribution in [0.25, 0.3) is 0 Å². The highest BCUT2D eigenvalue weighted by molar-refractivity contribution is 7.11. The number of pyridine rings is 1. The molecular weight excluding hydrogens is 358 g/mol. The molecule has 1 saturated carbocycles. The summed E-state index contributed by atoms with van der Waals surface area (Å²) in [7, 11) is 1.78. The molecule has 2 aromatic heterocycles. The van der Waals surface area contributed by atoms with Crippen LogP contribution in [-0.2, 0) is 19.4 Å². The molecule has 0 atom stereocenters. The number of ether oxygens (including phenoxy) is 1. The number of hydrogen-bond donors (Lipinski definition) is 2. The SMILES string of the molecule is CCc1cnc(CCNC(=NC)NCc2cccnc2OC2CCCC2)s1. The molecule has 3 rings (SSSR count). The number of rotatable bonds is 8. The van der Waals surface area contributed by atoms with E-state index in [-0.39, 0.29) is 0 Å². The Morgan fingerprint density at radius 2 is 2.15 bits per heavy atom. The minimum atomic E-state index is 0.308. The number of guanidine groups is 1. The van der Waals surface area contributed by atoms with E-state index >= 15 is 0 Å². The predicted octanol–water partition coefficient (Wildman–Crippen LogP) is 3.33. The Kier molecular flexibility index (Phi) is 7.45. The Morgan fingerprint density at radius 1 is 1.30 bits per heavy atom. The van der Waals surface area contributed by atoms with Crippen LogP contribution in [0.4, 0.5) is 0 Å². The summed E-state index contributed by atoms with van der Waals surface area (Å²) in [5, 5.41) is 7.87. The van der Waals surface area contributed by atoms with Gasteiger partial charge in [0.1, 0.15) is 6.10 Å². The van der Waals surface area contributed by atoms with Gasteiger partial charge in [0.05, 0.1) is 5.01 Å². The molecule has 2 N–H and O–H groups in total. The van der Waals surface area contributed by atoms with Crippen LogP contribution in [0.1, 0.15) is 48.1 Å². The molecule has 0 saturated heterocycles. The fourth-order valence-corrected chi connectivity index (χ4v) is 4.01. The smallest absolute Gasteiger partial charge is 0.218 e. The molecule has 2 aromatic rings. The number of nitrogens with one attached hydrogen (secondary N) is 2. The zero-order valence-electron chi connectivity index (χ0n) is 16.2. The largest absolute Gasteiger partial charge is 0.474 e. The van der Waals surface area contributed by atoms with E-state index < -0.39 is 0 Å². The lowest BCUT2D eigenvalue weighted by atomic mass is 10.2. The van der Waals surface area contributed by atoms with Gasteiger partial charge in [0.2, 0.25) is 5.88 Å². The van der Waals surface area contributed by atoms with Crippen molar-refractivity contribution in [2.45, 2.75) is 58.1 Å². The van der Waals surface area contributed by atoms with Gasteiger partial charge in [-0.25, -0.2) is 9.97 Å². The van der Waals surface area contributed by atoms with Crippen LogP contribution in [-0.4, -0.2) is 35.6 Å². The van der Waals surface area contributed by atoms with Crippen molar-refractivity contribution in [2.24, 2.45) is 4.99 Å². The highest BCUT2D eigenvalue weighted by Gasteiger charge is 2.18. The van der Waals surface area contributed by atoms with Gasteiger partial charge in [-0.2, -0.15) is 0 Å². The maximum Gasteiger partial charge on any atom is 0.218 e. The molecule has 0 spiro atoms. The third kappa shape index (κ3) is 5.92. The molecule has 7 heteroatoms. The summed E-state index contributed by atoms with van der Waals surface area (Å²) >= 11 is 1.78. The van der Waals surface area contributed by atoms with E-state index in [1.807, 2.05) is 12.3 Å². The van der Waals surface area contributed by atoms with Crippen LogP contribution in [0, 0.1) is 0 Å². The Hall–Kier alpha value is -2.15. The van der Waals surface area contributed by atoms with Gasteiger partial charge >= 0.3 is 0 Å². The standard InChI is InChI=1S/C20H29N5OS/c1-3-17-14-24-18(27-17)10-12-23-20(21-2)25-13-15-7-6-11-22-19(15)26-16-8-4-5-9-16/h6-7,11,14,16H,3-5,8-10,12-13H2,1-2H3,(H2,21,23,25). The van der Waals surface area contributed by atoms with Gasteiger partial charge in [-0.05, 0) is 38.2 Å². The molecule has 0 radical (unpaired) electrons. The fourth-order valence-electron chi connectivity index (χ4n) is 3.14. The Labute approximate surface area is 165 Å². The summed E-state index contributed by atoms with van der Waals surface area (Å²) in [6, 6.07) is 4.00. The molecule has 1 aliphatic rings. The van der Waals surface area contributed by atoms with Crippen molar-refractivity contribution in [3.63, 3.8) is 0 Å². The van der Waals surface area contributed by atoms with E-state index in [1.54, 1.807) is 24.6 Å². The van der Waals surface area contributed by atoms with E-state index in [1.165, 1.54) is 17.7 Å². The predicted molar refractivity (Wildman–Crippen MR) is 111 cm³/mol. The lowest BCUT2D eigenvalue weighted by Gasteiger charge is -2.16. The van der Waals surface area contributed by atoms with E-state index in [0.717, 1.165) is 54.6 Å². The van der Waals surface area contributed by atoms with Crippen LogP contribution >= 0.6 is 11.3 Å². The van der Waals surface area contributed by atoms with Crippen molar-refractivity contribution < 1.29 is 4.74 Å².